The van der Waals surface area contributed by atoms with E-state index in [2.05, 4.69) is 31.9 Å². The van der Waals surface area contributed by atoms with E-state index in [-0.39, 0.29) is 0 Å². The minimum Gasteiger partial charge on any atom is -0.356 e. The fourth-order valence-electron chi connectivity index (χ4n) is 3.81. The Morgan fingerprint density at radius 1 is 1.11 bits per heavy atom. The van der Waals surface area contributed by atoms with E-state index in [0.29, 0.717) is 5.41 Å². The largest absolute Gasteiger partial charge is 0.356 e. The highest BCUT2D eigenvalue weighted by molar-refractivity contribution is 9.08. The van der Waals surface area contributed by atoms with Gasteiger partial charge in [0.1, 0.15) is 5.82 Å². The first-order valence-electron chi connectivity index (χ1n) is 7.58. The third-order valence-electron chi connectivity index (χ3n) is 5.05. The molecule has 1 aromatic rings. The van der Waals surface area contributed by atoms with Gasteiger partial charge in [0.15, 0.2) is 0 Å². The van der Waals surface area contributed by atoms with Crippen molar-refractivity contribution < 1.29 is 0 Å². The lowest BCUT2D eigenvalue weighted by Gasteiger charge is -2.45. The number of alkyl halides is 1. The van der Waals surface area contributed by atoms with Crippen LogP contribution >= 0.6 is 15.9 Å². The normalized spacial score (nSPS) is 22.7. The molecule has 2 fully saturated rings. The number of aromatic nitrogens is 1. The summed E-state index contributed by atoms with van der Waals surface area (Å²) in [7, 11) is 0. The average Bonchev–Trinajstić information content (AvgIpc) is 2.49. The monoisotopic (exact) mass is 322 g/mol. The van der Waals surface area contributed by atoms with Crippen LogP contribution in [0.5, 0.6) is 0 Å². The van der Waals surface area contributed by atoms with Gasteiger partial charge in [-0.2, -0.15) is 0 Å². The van der Waals surface area contributed by atoms with E-state index in [1.165, 1.54) is 69.4 Å². The zero-order valence-electron chi connectivity index (χ0n) is 11.6. The Labute approximate surface area is 124 Å². The van der Waals surface area contributed by atoms with Gasteiger partial charge >= 0.3 is 0 Å². The van der Waals surface area contributed by atoms with Gasteiger partial charge in [0.25, 0.3) is 0 Å². The summed E-state index contributed by atoms with van der Waals surface area (Å²) >= 11 is 3.58. The number of hydrogen-bond donors (Lipinski definition) is 0. The Balaban J connectivity index is 1.69. The lowest BCUT2D eigenvalue weighted by molar-refractivity contribution is 0.144. The topological polar surface area (TPSA) is 16.1 Å². The predicted molar refractivity (Wildman–Crippen MR) is 83.8 cm³/mol. The van der Waals surface area contributed by atoms with E-state index in [4.69, 9.17) is 0 Å². The van der Waals surface area contributed by atoms with E-state index < -0.39 is 0 Å². The van der Waals surface area contributed by atoms with Crippen LogP contribution < -0.4 is 4.90 Å². The third-order valence-corrected chi connectivity index (χ3v) is 5.65. The minimum absolute atomic E-state index is 0.679. The maximum absolute atomic E-state index is 4.60. The van der Waals surface area contributed by atoms with Gasteiger partial charge in [0.05, 0.1) is 0 Å². The molecule has 3 rings (SSSR count). The van der Waals surface area contributed by atoms with Crippen molar-refractivity contribution in [3.63, 3.8) is 0 Å². The van der Waals surface area contributed by atoms with Gasteiger partial charge in [-0.3, -0.25) is 0 Å². The van der Waals surface area contributed by atoms with E-state index in [1.54, 1.807) is 0 Å². The van der Waals surface area contributed by atoms with Crippen molar-refractivity contribution in [2.24, 2.45) is 5.41 Å². The first kappa shape index (κ1) is 13.4. The Kier molecular flexibility index (Phi) is 4.11. The zero-order valence-corrected chi connectivity index (χ0v) is 13.2. The molecule has 1 saturated carbocycles. The number of hydrogen-bond acceptors (Lipinski definition) is 2. The van der Waals surface area contributed by atoms with Crippen molar-refractivity contribution in [1.82, 2.24) is 4.98 Å². The summed E-state index contributed by atoms with van der Waals surface area (Å²) in [4.78, 5) is 7.10. The molecule has 0 bridgehead atoms. The number of halogens is 1. The van der Waals surface area contributed by atoms with E-state index >= 15 is 0 Å². The number of piperidine rings is 1. The Morgan fingerprint density at radius 2 is 1.84 bits per heavy atom. The van der Waals surface area contributed by atoms with Crippen molar-refractivity contribution in [3.8, 4) is 0 Å². The van der Waals surface area contributed by atoms with Gasteiger partial charge in [-0.15, -0.1) is 0 Å². The molecule has 1 aliphatic heterocycles. The molecule has 3 heteroatoms. The molecule has 2 heterocycles. The van der Waals surface area contributed by atoms with Gasteiger partial charge in [-0.25, -0.2) is 4.98 Å². The first-order chi connectivity index (χ1) is 9.33. The molecular formula is C16H23BrN2. The predicted octanol–water partition coefficient (Wildman–Crippen LogP) is 4.53. The lowest BCUT2D eigenvalue weighted by atomic mass is 9.68. The molecule has 0 unspecified atom stereocenters. The molecule has 0 amide bonds. The van der Waals surface area contributed by atoms with Gasteiger partial charge in [0.2, 0.25) is 0 Å². The quantitative estimate of drug-likeness (QED) is 0.744. The fraction of sp³-hybridized carbons (Fsp3) is 0.688. The summed E-state index contributed by atoms with van der Waals surface area (Å²) in [5, 5.41) is 0.901. The summed E-state index contributed by atoms with van der Waals surface area (Å²) in [6, 6.07) is 4.22. The van der Waals surface area contributed by atoms with Crippen LogP contribution in [0.4, 0.5) is 5.82 Å². The molecule has 1 aliphatic carbocycles. The highest BCUT2D eigenvalue weighted by Crippen LogP contribution is 2.45. The smallest absolute Gasteiger partial charge is 0.132 e. The molecular weight excluding hydrogens is 300 g/mol. The van der Waals surface area contributed by atoms with Crippen LogP contribution in [-0.4, -0.2) is 18.1 Å². The molecule has 0 atom stereocenters. The Bertz CT molecular complexity index is 417. The Hall–Kier alpha value is -0.570. The number of rotatable bonds is 2. The molecule has 1 saturated heterocycles. The molecule has 1 spiro atoms. The third kappa shape index (κ3) is 2.81. The van der Waals surface area contributed by atoms with E-state index in [1.807, 2.05) is 12.3 Å². The van der Waals surface area contributed by atoms with Crippen LogP contribution in [0.25, 0.3) is 0 Å². The van der Waals surface area contributed by atoms with Gasteiger partial charge in [-0.05, 0) is 37.2 Å². The zero-order chi connectivity index (χ0) is 13.1. The average molecular weight is 323 g/mol. The van der Waals surface area contributed by atoms with Crippen molar-refractivity contribution in [3.05, 3.63) is 23.9 Å². The molecule has 1 aromatic heterocycles. The summed E-state index contributed by atoms with van der Waals surface area (Å²) < 4.78 is 0. The summed E-state index contributed by atoms with van der Waals surface area (Å²) in [5.41, 5.74) is 2.00. The first-order valence-corrected chi connectivity index (χ1v) is 8.70. The van der Waals surface area contributed by atoms with Crippen LogP contribution in [-0.2, 0) is 5.33 Å². The molecule has 2 nitrogen and oxygen atoms in total. The summed E-state index contributed by atoms with van der Waals surface area (Å²) in [6.07, 6.45) is 12.0. The number of nitrogens with zero attached hydrogens (tertiary/aromatic N) is 2. The second-order valence-corrected chi connectivity index (χ2v) is 6.73. The van der Waals surface area contributed by atoms with Crippen LogP contribution in [0.2, 0.25) is 0 Å². The highest BCUT2D eigenvalue weighted by atomic mass is 79.9. The maximum atomic E-state index is 4.60. The fourth-order valence-corrected chi connectivity index (χ4v) is 4.25. The van der Waals surface area contributed by atoms with Gasteiger partial charge in [-0.1, -0.05) is 41.3 Å². The maximum Gasteiger partial charge on any atom is 0.132 e. The van der Waals surface area contributed by atoms with Crippen LogP contribution in [0.3, 0.4) is 0 Å². The highest BCUT2D eigenvalue weighted by Gasteiger charge is 2.35. The molecule has 0 aromatic carbocycles. The summed E-state index contributed by atoms with van der Waals surface area (Å²) in [6.45, 7) is 2.38. The Morgan fingerprint density at radius 3 is 2.53 bits per heavy atom. The van der Waals surface area contributed by atoms with E-state index in [9.17, 15) is 0 Å². The van der Waals surface area contributed by atoms with Crippen LogP contribution in [0, 0.1) is 5.41 Å². The van der Waals surface area contributed by atoms with Crippen LogP contribution in [0.15, 0.2) is 18.3 Å². The molecule has 2 aliphatic rings. The molecule has 0 radical (unpaired) electrons. The molecule has 19 heavy (non-hydrogen) atoms. The number of anilines is 1. The minimum atomic E-state index is 0.679. The number of pyridine rings is 1. The second kappa shape index (κ2) is 5.82. The summed E-state index contributed by atoms with van der Waals surface area (Å²) in [5.74, 6) is 1.20. The van der Waals surface area contributed by atoms with Crippen molar-refractivity contribution in [2.75, 3.05) is 18.0 Å². The van der Waals surface area contributed by atoms with Gasteiger partial charge in [0, 0.05) is 30.2 Å². The molecule has 104 valence electrons. The lowest BCUT2D eigenvalue weighted by Crippen LogP contribution is -2.41. The van der Waals surface area contributed by atoms with Gasteiger partial charge < -0.3 is 4.90 Å². The van der Waals surface area contributed by atoms with Crippen molar-refractivity contribution >= 4 is 21.7 Å². The van der Waals surface area contributed by atoms with Crippen molar-refractivity contribution in [1.29, 1.82) is 0 Å². The molecule has 0 N–H and O–H groups in total. The standard InChI is InChI=1S/C16H23BrN2/c17-13-14-5-4-10-18-15(14)19-11-8-16(9-12-19)6-2-1-3-7-16/h4-5,10H,1-3,6-9,11-13H2. The van der Waals surface area contributed by atoms with E-state index in [0.717, 1.165) is 5.33 Å². The van der Waals surface area contributed by atoms with Crippen LogP contribution in [0.1, 0.15) is 50.5 Å². The SMILES string of the molecule is BrCc1cccnc1N1CCC2(CCCCC2)CC1. The second-order valence-electron chi connectivity index (χ2n) is 6.17. The van der Waals surface area contributed by atoms with Crippen molar-refractivity contribution in [2.45, 2.75) is 50.3 Å².